The molecule has 0 saturated carbocycles. The van der Waals surface area contributed by atoms with E-state index in [1.54, 1.807) is 20.1 Å². The van der Waals surface area contributed by atoms with E-state index in [1.807, 2.05) is 24.3 Å². The summed E-state index contributed by atoms with van der Waals surface area (Å²) in [6, 6.07) is 7.14. The number of hydrogen-bond donors (Lipinski definition) is 1. The van der Waals surface area contributed by atoms with E-state index >= 15 is 0 Å². The lowest BCUT2D eigenvalue weighted by Crippen LogP contribution is -2.37. The lowest BCUT2D eigenvalue weighted by molar-refractivity contribution is -0.152. The van der Waals surface area contributed by atoms with E-state index in [-0.39, 0.29) is 5.97 Å². The second kappa shape index (κ2) is 4.46. The topological polar surface area (TPSA) is 65.5 Å². The van der Waals surface area contributed by atoms with Gasteiger partial charge in [-0.3, -0.25) is 4.79 Å². The first-order valence-electron chi connectivity index (χ1n) is 5.78. The predicted molar refractivity (Wildman–Crippen MR) is 68.9 cm³/mol. The van der Waals surface area contributed by atoms with E-state index in [0.717, 1.165) is 16.5 Å². The number of nitrogens with two attached hydrogens (primary N) is 1. The van der Waals surface area contributed by atoms with Gasteiger partial charge in [-0.05, 0) is 19.9 Å². The standard InChI is InChI=1S/C14H17NO3/c1-14(2,13(16)17-3)12(15)10-8-18-11-7-5-4-6-9(10)11/h4-8,12H,15H2,1-3H3. The molecule has 1 aromatic carbocycles. The fourth-order valence-electron chi connectivity index (χ4n) is 2.02. The van der Waals surface area contributed by atoms with Gasteiger partial charge in [-0.1, -0.05) is 18.2 Å². The highest BCUT2D eigenvalue weighted by atomic mass is 16.5. The third kappa shape index (κ3) is 1.88. The van der Waals surface area contributed by atoms with Crippen molar-refractivity contribution in [2.75, 3.05) is 7.11 Å². The summed E-state index contributed by atoms with van der Waals surface area (Å²) in [4.78, 5) is 11.8. The van der Waals surface area contributed by atoms with Gasteiger partial charge < -0.3 is 14.9 Å². The first-order valence-corrected chi connectivity index (χ1v) is 5.78. The van der Waals surface area contributed by atoms with Crippen LogP contribution in [-0.4, -0.2) is 13.1 Å². The van der Waals surface area contributed by atoms with Gasteiger partial charge in [-0.25, -0.2) is 0 Å². The van der Waals surface area contributed by atoms with Crippen LogP contribution >= 0.6 is 0 Å². The molecule has 2 N–H and O–H groups in total. The number of para-hydroxylation sites is 1. The molecule has 18 heavy (non-hydrogen) atoms. The van der Waals surface area contributed by atoms with Crippen molar-refractivity contribution in [3.63, 3.8) is 0 Å². The van der Waals surface area contributed by atoms with Crippen LogP contribution in [0.2, 0.25) is 0 Å². The van der Waals surface area contributed by atoms with Crippen LogP contribution < -0.4 is 5.73 Å². The molecule has 0 fully saturated rings. The number of furan rings is 1. The number of benzene rings is 1. The quantitative estimate of drug-likeness (QED) is 0.847. The first kappa shape index (κ1) is 12.6. The fourth-order valence-corrected chi connectivity index (χ4v) is 2.02. The Morgan fingerprint density at radius 2 is 2.06 bits per heavy atom. The van der Waals surface area contributed by atoms with E-state index in [1.165, 1.54) is 7.11 Å². The van der Waals surface area contributed by atoms with E-state index in [4.69, 9.17) is 14.9 Å². The average Bonchev–Trinajstić information content (AvgIpc) is 2.80. The van der Waals surface area contributed by atoms with E-state index in [9.17, 15) is 4.79 Å². The third-order valence-electron chi connectivity index (χ3n) is 3.33. The molecule has 1 aromatic heterocycles. The smallest absolute Gasteiger partial charge is 0.313 e. The van der Waals surface area contributed by atoms with Gasteiger partial charge in [-0.15, -0.1) is 0 Å². The molecule has 2 rings (SSSR count). The zero-order valence-corrected chi connectivity index (χ0v) is 10.8. The van der Waals surface area contributed by atoms with Crippen molar-refractivity contribution in [3.8, 4) is 0 Å². The number of methoxy groups -OCH3 is 1. The van der Waals surface area contributed by atoms with Crippen molar-refractivity contribution in [2.24, 2.45) is 11.1 Å². The maximum atomic E-state index is 11.8. The number of fused-ring (bicyclic) bond motifs is 1. The average molecular weight is 247 g/mol. The Kier molecular flexibility index (Phi) is 3.13. The summed E-state index contributed by atoms with van der Waals surface area (Å²) in [7, 11) is 1.37. The van der Waals surface area contributed by atoms with Crippen molar-refractivity contribution in [2.45, 2.75) is 19.9 Å². The highest BCUT2D eigenvalue weighted by Gasteiger charge is 2.38. The number of rotatable bonds is 3. The molecular weight excluding hydrogens is 230 g/mol. The minimum atomic E-state index is -0.804. The van der Waals surface area contributed by atoms with Crippen molar-refractivity contribution in [3.05, 3.63) is 36.1 Å². The molecule has 0 radical (unpaired) electrons. The SMILES string of the molecule is COC(=O)C(C)(C)C(N)c1coc2ccccc12. The monoisotopic (exact) mass is 247 g/mol. The molecule has 1 heterocycles. The van der Waals surface area contributed by atoms with Gasteiger partial charge in [0, 0.05) is 17.0 Å². The van der Waals surface area contributed by atoms with Gasteiger partial charge in [0.25, 0.3) is 0 Å². The number of carbonyl (C=O) groups is 1. The second-order valence-electron chi connectivity index (χ2n) is 4.88. The molecule has 1 unspecified atom stereocenters. The molecule has 0 aliphatic rings. The Morgan fingerprint density at radius 1 is 1.39 bits per heavy atom. The Bertz CT molecular complexity index is 571. The number of esters is 1. The maximum Gasteiger partial charge on any atom is 0.313 e. The minimum Gasteiger partial charge on any atom is -0.469 e. The van der Waals surface area contributed by atoms with Crippen LogP contribution in [0.3, 0.4) is 0 Å². The summed E-state index contributed by atoms with van der Waals surface area (Å²) < 4.78 is 10.2. The molecule has 4 nitrogen and oxygen atoms in total. The fraction of sp³-hybridized carbons (Fsp3) is 0.357. The number of ether oxygens (including phenoxy) is 1. The van der Waals surface area contributed by atoms with Crippen LogP contribution in [0.1, 0.15) is 25.5 Å². The maximum absolute atomic E-state index is 11.8. The molecule has 0 saturated heterocycles. The lowest BCUT2D eigenvalue weighted by atomic mass is 9.81. The van der Waals surface area contributed by atoms with Gasteiger partial charge in [0.1, 0.15) is 5.58 Å². The zero-order valence-electron chi connectivity index (χ0n) is 10.8. The summed E-state index contributed by atoms with van der Waals surface area (Å²) in [6.07, 6.45) is 1.61. The lowest BCUT2D eigenvalue weighted by Gasteiger charge is -2.28. The Balaban J connectivity index is 2.45. The Hall–Kier alpha value is -1.81. The van der Waals surface area contributed by atoms with Gasteiger partial charge in [0.2, 0.25) is 0 Å². The summed E-state index contributed by atoms with van der Waals surface area (Å²) in [5, 5.41) is 0.932. The molecular formula is C14H17NO3. The number of hydrogen-bond acceptors (Lipinski definition) is 4. The molecule has 0 aliphatic heterocycles. The Morgan fingerprint density at radius 3 is 2.72 bits per heavy atom. The molecule has 0 amide bonds. The van der Waals surface area contributed by atoms with Crippen molar-refractivity contribution < 1.29 is 13.9 Å². The molecule has 4 heteroatoms. The predicted octanol–water partition coefficient (Wildman–Crippen LogP) is 2.63. The summed E-state index contributed by atoms with van der Waals surface area (Å²) in [5.41, 5.74) is 6.98. The van der Waals surface area contributed by atoms with E-state index < -0.39 is 11.5 Å². The number of carbonyl (C=O) groups excluding carboxylic acids is 1. The van der Waals surface area contributed by atoms with Gasteiger partial charge in [-0.2, -0.15) is 0 Å². The summed E-state index contributed by atoms with van der Waals surface area (Å²) >= 11 is 0. The van der Waals surface area contributed by atoms with Gasteiger partial charge in [0.05, 0.1) is 18.8 Å². The molecule has 1 atom stereocenters. The zero-order chi connectivity index (χ0) is 13.3. The largest absolute Gasteiger partial charge is 0.469 e. The summed E-state index contributed by atoms with van der Waals surface area (Å²) in [5.74, 6) is -0.333. The highest BCUT2D eigenvalue weighted by molar-refractivity contribution is 5.84. The van der Waals surface area contributed by atoms with E-state index in [2.05, 4.69) is 0 Å². The van der Waals surface area contributed by atoms with Crippen LogP contribution in [0.15, 0.2) is 34.9 Å². The normalized spacial score (nSPS) is 13.6. The highest BCUT2D eigenvalue weighted by Crippen LogP contribution is 2.36. The van der Waals surface area contributed by atoms with Crippen LogP contribution in [0.5, 0.6) is 0 Å². The van der Waals surface area contributed by atoms with Crippen LogP contribution in [0.4, 0.5) is 0 Å². The first-order chi connectivity index (χ1) is 8.48. The van der Waals surface area contributed by atoms with Gasteiger partial charge >= 0.3 is 5.97 Å². The molecule has 0 spiro atoms. The van der Waals surface area contributed by atoms with Crippen LogP contribution in [0.25, 0.3) is 11.0 Å². The second-order valence-corrected chi connectivity index (χ2v) is 4.88. The van der Waals surface area contributed by atoms with Crippen LogP contribution in [-0.2, 0) is 9.53 Å². The minimum absolute atomic E-state index is 0.333. The summed E-state index contributed by atoms with van der Waals surface area (Å²) in [6.45, 7) is 3.54. The van der Waals surface area contributed by atoms with Gasteiger partial charge in [0.15, 0.2) is 0 Å². The third-order valence-corrected chi connectivity index (χ3v) is 3.33. The molecule has 0 aliphatic carbocycles. The van der Waals surface area contributed by atoms with E-state index in [0.29, 0.717) is 0 Å². The molecule has 96 valence electrons. The van der Waals surface area contributed by atoms with Crippen molar-refractivity contribution in [1.82, 2.24) is 0 Å². The van der Waals surface area contributed by atoms with Crippen LogP contribution in [0, 0.1) is 5.41 Å². The Labute approximate surface area is 106 Å². The molecule has 0 bridgehead atoms. The van der Waals surface area contributed by atoms with Crippen molar-refractivity contribution in [1.29, 1.82) is 0 Å². The van der Waals surface area contributed by atoms with Crippen molar-refractivity contribution >= 4 is 16.9 Å². The molecule has 2 aromatic rings.